The minimum atomic E-state index is 0.0914. The highest BCUT2D eigenvalue weighted by Gasteiger charge is 2.25. The highest BCUT2D eigenvalue weighted by atomic mass is 16.1. The van der Waals surface area contributed by atoms with Crippen LogP contribution in [-0.4, -0.2) is 11.6 Å². The maximum Gasteiger partial charge on any atom is 0.184 e. The highest BCUT2D eigenvalue weighted by molar-refractivity contribution is 6.09. The van der Waals surface area contributed by atoms with Crippen molar-refractivity contribution in [3.8, 4) is 0 Å². The van der Waals surface area contributed by atoms with Crippen LogP contribution < -0.4 is 0 Å². The van der Waals surface area contributed by atoms with Gasteiger partial charge in [0.25, 0.3) is 0 Å². The van der Waals surface area contributed by atoms with Gasteiger partial charge in [-0.2, -0.15) is 0 Å². The van der Waals surface area contributed by atoms with Crippen molar-refractivity contribution < 1.29 is 9.59 Å². The Labute approximate surface area is 147 Å². The number of hydrogen-bond acceptors (Lipinski definition) is 2. The van der Waals surface area contributed by atoms with Crippen LogP contribution in [0.15, 0.2) is 44.6 Å². The number of carbonyl (C=O) groups is 2. The van der Waals surface area contributed by atoms with Gasteiger partial charge in [-0.05, 0) is 89.2 Å². The Morgan fingerprint density at radius 3 is 1.29 bits per heavy atom. The zero-order chi connectivity index (χ0) is 18.9. The summed E-state index contributed by atoms with van der Waals surface area (Å²) in [5.74, 6) is 1.05. The van der Waals surface area contributed by atoms with Crippen LogP contribution in [0.2, 0.25) is 0 Å². The lowest BCUT2D eigenvalue weighted by Crippen LogP contribution is -2.20. The molecule has 1 atom stereocenters. The predicted octanol–water partition coefficient (Wildman–Crippen LogP) is 5.76. The molecular weight excluding hydrogens is 296 g/mol. The first-order chi connectivity index (χ1) is 10.9. The summed E-state index contributed by atoms with van der Waals surface area (Å²) in [5, 5.41) is 0. The van der Waals surface area contributed by atoms with E-state index in [4.69, 9.17) is 0 Å². The molecule has 0 N–H and O–H groups in total. The smallest absolute Gasteiger partial charge is 0.184 e. The first kappa shape index (κ1) is 20.3. The minimum absolute atomic E-state index is 0.0914. The van der Waals surface area contributed by atoms with Crippen molar-refractivity contribution >= 4 is 11.6 Å². The van der Waals surface area contributed by atoms with Gasteiger partial charge in [-0.1, -0.05) is 30.6 Å². The van der Waals surface area contributed by atoms with E-state index < -0.39 is 0 Å². The third-order valence-electron chi connectivity index (χ3n) is 6.29. The van der Waals surface area contributed by atoms with Crippen molar-refractivity contribution in [2.75, 3.05) is 0 Å². The quantitative estimate of drug-likeness (QED) is 0.567. The molecule has 2 aliphatic rings. The summed E-state index contributed by atoms with van der Waals surface area (Å²) in [6.07, 6.45) is 0. The number of rotatable bonds is 0. The summed E-state index contributed by atoms with van der Waals surface area (Å²) in [5.41, 5.74) is 8.94. The van der Waals surface area contributed by atoms with Crippen molar-refractivity contribution in [2.24, 2.45) is 11.8 Å². The summed E-state index contributed by atoms with van der Waals surface area (Å²) in [6, 6.07) is 0. The second-order valence-electron chi connectivity index (χ2n) is 7.31. The van der Waals surface area contributed by atoms with E-state index >= 15 is 0 Å². The molecule has 0 aromatic rings. The van der Waals surface area contributed by atoms with Crippen LogP contribution in [0.4, 0.5) is 0 Å². The van der Waals surface area contributed by atoms with E-state index in [9.17, 15) is 9.59 Å². The fourth-order valence-electron chi connectivity index (χ4n) is 3.22. The second kappa shape index (κ2) is 7.46. The van der Waals surface area contributed by atoms with Gasteiger partial charge in [-0.3, -0.25) is 9.59 Å². The molecule has 0 fully saturated rings. The van der Waals surface area contributed by atoms with Crippen LogP contribution in [-0.2, 0) is 9.59 Å². The number of hydrogen-bond donors (Lipinski definition) is 0. The molecule has 24 heavy (non-hydrogen) atoms. The third-order valence-corrected chi connectivity index (χ3v) is 6.29. The van der Waals surface area contributed by atoms with E-state index in [1.54, 1.807) is 0 Å². The Morgan fingerprint density at radius 2 is 0.875 bits per heavy atom. The zero-order valence-electron chi connectivity index (χ0n) is 17.0. The first-order valence-corrected chi connectivity index (χ1v) is 8.72. The molecule has 2 rings (SSSR count). The maximum absolute atomic E-state index is 11.6. The average molecular weight is 328 g/mol. The molecule has 2 nitrogen and oxygen atoms in total. The number of allylic oxidation sites excluding steroid dienone is 8. The summed E-state index contributed by atoms with van der Waals surface area (Å²) >= 11 is 0. The molecule has 0 aliphatic heterocycles. The molecule has 1 unspecified atom stereocenters. The molecule has 0 amide bonds. The summed E-state index contributed by atoms with van der Waals surface area (Å²) in [7, 11) is 0. The van der Waals surface area contributed by atoms with Crippen molar-refractivity contribution in [3.05, 3.63) is 44.6 Å². The van der Waals surface area contributed by atoms with E-state index in [1.165, 1.54) is 22.3 Å². The van der Waals surface area contributed by atoms with Crippen molar-refractivity contribution in [3.63, 3.8) is 0 Å². The van der Waals surface area contributed by atoms with Crippen LogP contribution in [0.3, 0.4) is 0 Å². The number of Topliss-reactive ketones (excluding diaryl/α,β-unsaturated/α-hetero) is 2. The van der Waals surface area contributed by atoms with Gasteiger partial charge in [0.15, 0.2) is 11.6 Å². The number of carbonyl (C=O) groups excluding carboxylic acids is 2. The van der Waals surface area contributed by atoms with Gasteiger partial charge in [-0.25, -0.2) is 0 Å². The van der Waals surface area contributed by atoms with Gasteiger partial charge in [0, 0.05) is 5.92 Å². The third kappa shape index (κ3) is 3.53. The van der Waals surface area contributed by atoms with E-state index in [0.29, 0.717) is 5.92 Å². The molecule has 0 heterocycles. The molecule has 0 aromatic heterocycles. The SMILES string of the molecule is CC1=C(C)C(C)=C(C)C(C)C1=O.CC1=C(C)C(C)C(C)=C(C)C1=O. The van der Waals surface area contributed by atoms with Crippen LogP contribution >= 0.6 is 0 Å². The summed E-state index contributed by atoms with van der Waals surface area (Å²) < 4.78 is 0. The molecule has 0 radical (unpaired) electrons. The summed E-state index contributed by atoms with van der Waals surface area (Å²) in [4.78, 5) is 23.2. The van der Waals surface area contributed by atoms with E-state index in [0.717, 1.165) is 22.3 Å². The maximum atomic E-state index is 11.6. The summed E-state index contributed by atoms with van der Waals surface area (Å²) in [6.45, 7) is 20.2. The molecular formula is C22H32O2. The van der Waals surface area contributed by atoms with Crippen LogP contribution in [0.1, 0.15) is 69.2 Å². The molecule has 0 spiro atoms. The van der Waals surface area contributed by atoms with Crippen LogP contribution in [0, 0.1) is 11.8 Å². The topological polar surface area (TPSA) is 34.1 Å². The second-order valence-corrected chi connectivity index (χ2v) is 7.31. The Balaban J connectivity index is 0.000000240. The van der Waals surface area contributed by atoms with Gasteiger partial charge < -0.3 is 0 Å². The first-order valence-electron chi connectivity index (χ1n) is 8.72. The lowest BCUT2D eigenvalue weighted by atomic mass is 9.81. The van der Waals surface area contributed by atoms with Crippen molar-refractivity contribution in [2.45, 2.75) is 69.2 Å². The minimum Gasteiger partial charge on any atom is -0.294 e. The zero-order valence-corrected chi connectivity index (χ0v) is 17.0. The Morgan fingerprint density at radius 1 is 0.500 bits per heavy atom. The molecule has 0 bridgehead atoms. The Kier molecular flexibility index (Phi) is 6.32. The van der Waals surface area contributed by atoms with Gasteiger partial charge in [0.2, 0.25) is 0 Å². The van der Waals surface area contributed by atoms with Gasteiger partial charge in [0.1, 0.15) is 0 Å². The monoisotopic (exact) mass is 328 g/mol. The molecule has 132 valence electrons. The normalized spacial score (nSPS) is 23.2. The molecule has 0 aromatic carbocycles. The molecule has 2 heteroatoms. The predicted molar refractivity (Wildman–Crippen MR) is 102 cm³/mol. The fourth-order valence-corrected chi connectivity index (χ4v) is 3.22. The highest BCUT2D eigenvalue weighted by Crippen LogP contribution is 2.32. The lowest BCUT2D eigenvalue weighted by Gasteiger charge is -2.23. The Bertz CT molecular complexity index is 680. The van der Waals surface area contributed by atoms with Crippen LogP contribution in [0.5, 0.6) is 0 Å². The van der Waals surface area contributed by atoms with Gasteiger partial charge in [-0.15, -0.1) is 0 Å². The number of ketones is 2. The molecule has 0 saturated heterocycles. The van der Waals surface area contributed by atoms with E-state index in [-0.39, 0.29) is 17.5 Å². The molecule has 2 aliphatic carbocycles. The van der Waals surface area contributed by atoms with Crippen LogP contribution in [0.25, 0.3) is 0 Å². The lowest BCUT2D eigenvalue weighted by molar-refractivity contribution is -0.118. The van der Waals surface area contributed by atoms with Gasteiger partial charge in [0.05, 0.1) is 0 Å². The van der Waals surface area contributed by atoms with Gasteiger partial charge >= 0.3 is 0 Å². The average Bonchev–Trinajstić information content (AvgIpc) is 2.58. The Hall–Kier alpha value is -1.70. The molecule has 0 saturated carbocycles. The van der Waals surface area contributed by atoms with Crippen molar-refractivity contribution in [1.29, 1.82) is 0 Å². The fraction of sp³-hybridized carbons (Fsp3) is 0.545. The standard InChI is InChI=1S/2C11H16O/c2*1-6-7(2)9(4)11(12)10(5)8(6)3/h9H,1-5H3;6H,1-5H3. The van der Waals surface area contributed by atoms with E-state index in [2.05, 4.69) is 13.8 Å². The van der Waals surface area contributed by atoms with E-state index in [1.807, 2.05) is 55.4 Å². The van der Waals surface area contributed by atoms with Crippen molar-refractivity contribution in [1.82, 2.24) is 0 Å². The largest absolute Gasteiger partial charge is 0.294 e.